The lowest BCUT2D eigenvalue weighted by Crippen LogP contribution is -2.38. The molecule has 5 heteroatoms. The maximum Gasteiger partial charge on any atom is 0.266 e. The van der Waals surface area contributed by atoms with E-state index in [1.54, 1.807) is 4.57 Å². The molecule has 1 amide bonds. The number of hydrogen-bond acceptors (Lipinski definition) is 3. The van der Waals surface area contributed by atoms with Crippen molar-refractivity contribution in [1.29, 1.82) is 0 Å². The smallest absolute Gasteiger partial charge is 0.266 e. The third-order valence-corrected chi connectivity index (χ3v) is 7.26. The first-order valence-electron chi connectivity index (χ1n) is 13.4. The number of unbranched alkanes of at least 4 members (excludes halogenated alkanes) is 2. The summed E-state index contributed by atoms with van der Waals surface area (Å²) in [7, 11) is 0. The summed E-state index contributed by atoms with van der Waals surface area (Å²) >= 11 is 0. The number of aromatic nitrogens is 2. The Kier molecular flexibility index (Phi) is 7.36. The van der Waals surface area contributed by atoms with Gasteiger partial charge in [0.1, 0.15) is 5.82 Å². The number of carbonyl (C=O) groups excluding carboxylic acids is 1. The summed E-state index contributed by atoms with van der Waals surface area (Å²) in [6.45, 7) is 6.71. The fourth-order valence-corrected chi connectivity index (χ4v) is 5.11. The molecule has 1 unspecified atom stereocenters. The molecule has 0 fully saturated rings. The van der Waals surface area contributed by atoms with Crippen LogP contribution in [0.15, 0.2) is 95.8 Å². The molecule has 0 bridgehead atoms. The zero-order valence-electron chi connectivity index (χ0n) is 22.2. The van der Waals surface area contributed by atoms with Crippen molar-refractivity contribution in [1.82, 2.24) is 14.5 Å². The molecule has 0 aliphatic rings. The van der Waals surface area contributed by atoms with Crippen LogP contribution in [0.1, 0.15) is 60.9 Å². The summed E-state index contributed by atoms with van der Waals surface area (Å²) in [5, 5.41) is 2.68. The van der Waals surface area contributed by atoms with Gasteiger partial charge >= 0.3 is 0 Å². The first-order chi connectivity index (χ1) is 18.5. The summed E-state index contributed by atoms with van der Waals surface area (Å²) in [4.78, 5) is 34.8. The maximum atomic E-state index is 14.1. The topological polar surface area (TPSA) is 55.2 Å². The van der Waals surface area contributed by atoms with E-state index in [1.165, 1.54) is 0 Å². The summed E-state index contributed by atoms with van der Waals surface area (Å²) in [5.41, 5.74) is 2.90. The lowest BCUT2D eigenvalue weighted by atomic mass is 10.0. The fraction of sp³-hybridized carbons (Fsp3) is 0.242. The average molecular weight is 504 g/mol. The van der Waals surface area contributed by atoms with E-state index >= 15 is 0 Å². The van der Waals surface area contributed by atoms with Gasteiger partial charge in [-0.1, -0.05) is 80.4 Å². The molecular weight excluding hydrogens is 470 g/mol. The number of benzene rings is 4. The third-order valence-electron chi connectivity index (χ3n) is 7.26. The van der Waals surface area contributed by atoms with Crippen LogP contribution in [0.3, 0.4) is 0 Å². The van der Waals surface area contributed by atoms with Gasteiger partial charge in [-0.15, -0.1) is 0 Å². The molecule has 5 rings (SSSR count). The van der Waals surface area contributed by atoms with Gasteiger partial charge in [-0.05, 0) is 66.9 Å². The Labute approximate surface area is 223 Å². The Morgan fingerprint density at radius 1 is 0.895 bits per heavy atom. The van der Waals surface area contributed by atoms with E-state index < -0.39 is 6.04 Å². The monoisotopic (exact) mass is 503 g/mol. The Morgan fingerprint density at radius 3 is 2.39 bits per heavy atom. The predicted molar refractivity (Wildman–Crippen MR) is 155 cm³/mol. The zero-order chi connectivity index (χ0) is 26.6. The van der Waals surface area contributed by atoms with Crippen molar-refractivity contribution in [3.05, 3.63) is 118 Å². The lowest BCUT2D eigenvalue weighted by Gasteiger charge is -2.31. The minimum absolute atomic E-state index is 0.0573. The predicted octanol–water partition coefficient (Wildman–Crippen LogP) is 7.24. The van der Waals surface area contributed by atoms with Gasteiger partial charge in [0.05, 0.1) is 22.6 Å². The van der Waals surface area contributed by atoms with E-state index in [-0.39, 0.29) is 11.5 Å². The van der Waals surface area contributed by atoms with Crippen LogP contribution >= 0.6 is 0 Å². The number of hydrogen-bond donors (Lipinski definition) is 0. The van der Waals surface area contributed by atoms with Gasteiger partial charge < -0.3 is 4.90 Å². The molecule has 0 saturated heterocycles. The number of nitrogens with zero attached hydrogens (tertiary/aromatic N) is 3. The van der Waals surface area contributed by atoms with E-state index in [0.717, 1.165) is 41.3 Å². The van der Waals surface area contributed by atoms with E-state index in [9.17, 15) is 9.59 Å². The van der Waals surface area contributed by atoms with E-state index in [2.05, 4.69) is 6.92 Å². The molecule has 0 saturated carbocycles. The van der Waals surface area contributed by atoms with Crippen LogP contribution in [0.5, 0.6) is 0 Å². The van der Waals surface area contributed by atoms with Crippen LogP contribution in [0, 0.1) is 6.92 Å². The molecule has 5 nitrogen and oxygen atoms in total. The van der Waals surface area contributed by atoms with Crippen molar-refractivity contribution >= 4 is 27.6 Å². The summed E-state index contributed by atoms with van der Waals surface area (Å²) in [5.74, 6) is 0.506. The molecule has 0 aliphatic carbocycles. The Hall–Kier alpha value is -4.25. The molecule has 0 spiro atoms. The lowest BCUT2D eigenvalue weighted by molar-refractivity contribution is 0.0677. The quantitative estimate of drug-likeness (QED) is 0.210. The van der Waals surface area contributed by atoms with Gasteiger partial charge in [0.2, 0.25) is 0 Å². The summed E-state index contributed by atoms with van der Waals surface area (Å²) in [6.07, 6.45) is 2.95. The normalized spacial score (nSPS) is 12.1. The second kappa shape index (κ2) is 11.0. The van der Waals surface area contributed by atoms with Crippen molar-refractivity contribution in [2.75, 3.05) is 6.54 Å². The minimum atomic E-state index is -0.428. The Balaban J connectivity index is 1.66. The van der Waals surface area contributed by atoms with E-state index in [1.807, 2.05) is 110 Å². The number of para-hydroxylation sites is 2. The van der Waals surface area contributed by atoms with Crippen LogP contribution in [0.2, 0.25) is 0 Å². The molecule has 0 aliphatic heterocycles. The van der Waals surface area contributed by atoms with Gasteiger partial charge in [-0.3, -0.25) is 14.2 Å². The van der Waals surface area contributed by atoms with Gasteiger partial charge in [0.15, 0.2) is 0 Å². The molecular formula is C33H33N3O2. The summed E-state index contributed by atoms with van der Waals surface area (Å²) < 4.78 is 1.70. The first kappa shape index (κ1) is 25.4. The van der Waals surface area contributed by atoms with Gasteiger partial charge in [-0.2, -0.15) is 0 Å². The third kappa shape index (κ3) is 4.84. The van der Waals surface area contributed by atoms with Crippen LogP contribution in [0.25, 0.3) is 27.4 Å². The molecule has 4 aromatic carbocycles. The second-order valence-electron chi connectivity index (χ2n) is 9.86. The first-order valence-corrected chi connectivity index (χ1v) is 13.4. The van der Waals surface area contributed by atoms with Gasteiger partial charge in [0.25, 0.3) is 11.5 Å². The number of fused-ring (bicyclic) bond motifs is 2. The van der Waals surface area contributed by atoms with Crippen LogP contribution < -0.4 is 5.56 Å². The molecule has 5 aromatic rings. The van der Waals surface area contributed by atoms with Gasteiger partial charge in [-0.25, -0.2) is 4.98 Å². The van der Waals surface area contributed by atoms with E-state index in [0.29, 0.717) is 28.8 Å². The van der Waals surface area contributed by atoms with Crippen LogP contribution in [-0.2, 0) is 0 Å². The van der Waals surface area contributed by atoms with Crippen molar-refractivity contribution in [3.63, 3.8) is 0 Å². The SMILES string of the molecule is CCCCCN(C(=O)c1ccc2ccccc2c1)C(C)c1nc2ccccc2c(=O)n1-c1ccccc1C. The maximum absolute atomic E-state index is 14.1. The van der Waals surface area contributed by atoms with Crippen molar-refractivity contribution < 1.29 is 4.79 Å². The number of carbonyl (C=O) groups is 1. The Bertz CT molecular complexity index is 1670. The highest BCUT2D eigenvalue weighted by atomic mass is 16.2. The number of rotatable bonds is 8. The van der Waals surface area contributed by atoms with Crippen molar-refractivity contribution in [3.8, 4) is 5.69 Å². The molecule has 1 aromatic heterocycles. The number of aryl methyl sites for hydroxylation is 1. The van der Waals surface area contributed by atoms with Crippen molar-refractivity contribution in [2.24, 2.45) is 0 Å². The van der Waals surface area contributed by atoms with Crippen molar-refractivity contribution in [2.45, 2.75) is 46.1 Å². The molecule has 0 radical (unpaired) electrons. The minimum Gasteiger partial charge on any atom is -0.329 e. The highest BCUT2D eigenvalue weighted by molar-refractivity contribution is 5.98. The Morgan fingerprint density at radius 2 is 1.61 bits per heavy atom. The largest absolute Gasteiger partial charge is 0.329 e. The van der Waals surface area contributed by atoms with Crippen LogP contribution in [0.4, 0.5) is 0 Å². The average Bonchev–Trinajstić information content (AvgIpc) is 2.95. The highest BCUT2D eigenvalue weighted by Crippen LogP contribution is 2.27. The van der Waals surface area contributed by atoms with Crippen LogP contribution in [-0.4, -0.2) is 26.9 Å². The second-order valence-corrected chi connectivity index (χ2v) is 9.86. The number of amides is 1. The molecule has 1 heterocycles. The highest BCUT2D eigenvalue weighted by Gasteiger charge is 2.28. The fourth-order valence-electron chi connectivity index (χ4n) is 5.11. The molecule has 38 heavy (non-hydrogen) atoms. The molecule has 1 atom stereocenters. The standard InChI is InChI=1S/C33H33N3O2/c1-4-5-12-21-35(32(37)27-20-19-25-14-7-8-15-26(25)22-27)24(3)31-34-29-17-10-9-16-28(29)33(38)36(31)30-18-11-6-13-23(30)2/h6-11,13-20,22,24H,4-5,12,21H2,1-3H3. The summed E-state index contributed by atoms with van der Waals surface area (Å²) in [6, 6.07) is 28.7. The molecule has 0 N–H and O–H groups in total. The zero-order valence-corrected chi connectivity index (χ0v) is 22.2. The van der Waals surface area contributed by atoms with E-state index in [4.69, 9.17) is 4.98 Å². The van der Waals surface area contributed by atoms with Gasteiger partial charge in [0, 0.05) is 12.1 Å². The molecule has 192 valence electrons.